The van der Waals surface area contributed by atoms with Crippen LogP contribution in [0.25, 0.3) is 0 Å². The van der Waals surface area contributed by atoms with Gasteiger partial charge in [-0.25, -0.2) is 0 Å². The summed E-state index contributed by atoms with van der Waals surface area (Å²) in [4.78, 5) is 0. The fourth-order valence-electron chi connectivity index (χ4n) is 2.56. The smallest absolute Gasteiger partial charge is 0.00795 e. The van der Waals surface area contributed by atoms with Crippen molar-refractivity contribution in [3.05, 3.63) is 0 Å². The van der Waals surface area contributed by atoms with Crippen molar-refractivity contribution in [3.63, 3.8) is 0 Å². The van der Waals surface area contributed by atoms with Crippen LogP contribution in [0.4, 0.5) is 0 Å². The second kappa shape index (κ2) is 3.82. The lowest BCUT2D eigenvalue weighted by molar-refractivity contribution is 0.423. The van der Waals surface area contributed by atoms with Gasteiger partial charge in [-0.2, -0.15) is 0 Å². The maximum absolute atomic E-state index is 3.64. The Morgan fingerprint density at radius 3 is 2.57 bits per heavy atom. The quantitative estimate of drug-likeness (QED) is 0.714. The molecule has 0 bridgehead atoms. The summed E-state index contributed by atoms with van der Waals surface area (Å²) in [6.45, 7) is 10.7. The van der Waals surface area contributed by atoms with Crippen molar-refractivity contribution >= 4 is 0 Å². The maximum Gasteiger partial charge on any atom is 0.00795 e. The minimum atomic E-state index is 0.631. The molecule has 0 radical (unpaired) electrons. The van der Waals surface area contributed by atoms with Crippen LogP contribution in [0, 0.1) is 17.3 Å². The number of hydrogen-bond acceptors (Lipinski definition) is 2. The minimum absolute atomic E-state index is 0.631. The van der Waals surface area contributed by atoms with Gasteiger partial charge in [0.25, 0.3) is 0 Å². The lowest BCUT2D eigenvalue weighted by Gasteiger charge is -2.15. The Morgan fingerprint density at radius 2 is 2.07 bits per heavy atom. The highest BCUT2D eigenvalue weighted by Crippen LogP contribution is 2.50. The largest absolute Gasteiger partial charge is 0.316 e. The molecule has 2 heteroatoms. The fraction of sp³-hybridized carbons (Fsp3) is 1.00. The average molecular weight is 196 g/mol. The molecule has 0 aromatic carbocycles. The molecule has 2 rings (SSSR count). The van der Waals surface area contributed by atoms with E-state index in [0.717, 1.165) is 17.9 Å². The molecule has 1 saturated carbocycles. The van der Waals surface area contributed by atoms with Gasteiger partial charge in [-0.05, 0) is 56.7 Å². The SMILES string of the molecule is CC1NCCC1CNCC1CC1(C)C. The molecule has 0 amide bonds. The monoisotopic (exact) mass is 196 g/mol. The van der Waals surface area contributed by atoms with E-state index in [9.17, 15) is 0 Å². The molecular formula is C12H24N2. The maximum atomic E-state index is 3.64. The topological polar surface area (TPSA) is 24.1 Å². The Morgan fingerprint density at radius 1 is 1.36 bits per heavy atom. The molecule has 0 spiro atoms. The molecule has 2 fully saturated rings. The van der Waals surface area contributed by atoms with Gasteiger partial charge in [0.05, 0.1) is 0 Å². The first-order chi connectivity index (χ1) is 6.59. The van der Waals surface area contributed by atoms with Crippen LogP contribution in [0.5, 0.6) is 0 Å². The summed E-state index contributed by atoms with van der Waals surface area (Å²) in [6, 6.07) is 0.717. The standard InChI is InChI=1S/C12H24N2/c1-9-10(4-5-14-9)7-13-8-11-6-12(11,2)3/h9-11,13-14H,4-8H2,1-3H3. The second-order valence-electron chi connectivity index (χ2n) is 5.84. The number of rotatable bonds is 4. The van der Waals surface area contributed by atoms with Crippen LogP contribution >= 0.6 is 0 Å². The summed E-state index contributed by atoms with van der Waals surface area (Å²) in [7, 11) is 0. The van der Waals surface area contributed by atoms with E-state index in [4.69, 9.17) is 0 Å². The summed E-state index contributed by atoms with van der Waals surface area (Å²) in [5.74, 6) is 1.80. The summed E-state index contributed by atoms with van der Waals surface area (Å²) in [6.07, 6.45) is 2.76. The second-order valence-corrected chi connectivity index (χ2v) is 5.84. The van der Waals surface area contributed by atoms with Gasteiger partial charge >= 0.3 is 0 Å². The molecular weight excluding hydrogens is 172 g/mol. The highest BCUT2D eigenvalue weighted by molar-refractivity contribution is 4.96. The molecule has 3 unspecified atom stereocenters. The van der Waals surface area contributed by atoms with Gasteiger partial charge < -0.3 is 10.6 Å². The first kappa shape index (κ1) is 10.4. The molecule has 2 aliphatic rings. The van der Waals surface area contributed by atoms with Gasteiger partial charge in [0.1, 0.15) is 0 Å². The molecule has 2 N–H and O–H groups in total. The third kappa shape index (κ3) is 2.29. The molecule has 0 aromatic heterocycles. The summed E-state index contributed by atoms with van der Waals surface area (Å²) >= 11 is 0. The molecule has 1 aliphatic carbocycles. The van der Waals surface area contributed by atoms with Crippen LogP contribution in [0.1, 0.15) is 33.6 Å². The van der Waals surface area contributed by atoms with Crippen molar-refractivity contribution in [2.75, 3.05) is 19.6 Å². The Labute approximate surface area is 87.8 Å². The predicted molar refractivity (Wildman–Crippen MR) is 60.3 cm³/mol. The molecule has 1 saturated heterocycles. The van der Waals surface area contributed by atoms with Crippen molar-refractivity contribution in [2.24, 2.45) is 17.3 Å². The Kier molecular flexibility index (Phi) is 2.85. The van der Waals surface area contributed by atoms with Crippen LogP contribution in [-0.2, 0) is 0 Å². The van der Waals surface area contributed by atoms with E-state index in [0.29, 0.717) is 5.41 Å². The van der Waals surface area contributed by atoms with Gasteiger partial charge in [-0.15, -0.1) is 0 Å². The van der Waals surface area contributed by atoms with Crippen molar-refractivity contribution in [2.45, 2.75) is 39.7 Å². The summed E-state index contributed by atoms with van der Waals surface area (Å²) in [5.41, 5.74) is 0.631. The summed E-state index contributed by atoms with van der Waals surface area (Å²) in [5, 5.41) is 7.13. The van der Waals surface area contributed by atoms with Crippen molar-refractivity contribution in [1.82, 2.24) is 10.6 Å². The van der Waals surface area contributed by atoms with E-state index >= 15 is 0 Å². The third-order valence-corrected chi connectivity index (χ3v) is 4.20. The lowest BCUT2D eigenvalue weighted by Crippen LogP contribution is -2.32. The van der Waals surface area contributed by atoms with Crippen LogP contribution in [0.3, 0.4) is 0 Å². The van der Waals surface area contributed by atoms with Crippen molar-refractivity contribution in [3.8, 4) is 0 Å². The zero-order chi connectivity index (χ0) is 10.2. The minimum Gasteiger partial charge on any atom is -0.316 e. The van der Waals surface area contributed by atoms with Crippen LogP contribution in [0.15, 0.2) is 0 Å². The van der Waals surface area contributed by atoms with E-state index in [-0.39, 0.29) is 0 Å². The highest BCUT2D eigenvalue weighted by atomic mass is 15.0. The first-order valence-corrected chi connectivity index (χ1v) is 6.04. The van der Waals surface area contributed by atoms with Crippen molar-refractivity contribution < 1.29 is 0 Å². The Balaban J connectivity index is 1.59. The molecule has 0 aromatic rings. The molecule has 1 aliphatic heterocycles. The molecule has 1 heterocycles. The van der Waals surface area contributed by atoms with Crippen molar-refractivity contribution in [1.29, 1.82) is 0 Å². The normalized spacial score (nSPS) is 40.1. The zero-order valence-electron chi connectivity index (χ0n) is 9.77. The van der Waals surface area contributed by atoms with E-state index < -0.39 is 0 Å². The van der Waals surface area contributed by atoms with E-state index in [1.807, 2.05) is 0 Å². The van der Waals surface area contributed by atoms with Gasteiger partial charge in [-0.3, -0.25) is 0 Å². The molecule has 3 atom stereocenters. The number of hydrogen-bond donors (Lipinski definition) is 2. The van der Waals surface area contributed by atoms with Crippen LogP contribution in [-0.4, -0.2) is 25.7 Å². The lowest BCUT2D eigenvalue weighted by atomic mass is 10.0. The predicted octanol–water partition coefficient (Wildman–Crippen LogP) is 1.62. The first-order valence-electron chi connectivity index (χ1n) is 6.04. The van der Waals surface area contributed by atoms with Crippen LogP contribution in [0.2, 0.25) is 0 Å². The molecule has 14 heavy (non-hydrogen) atoms. The van der Waals surface area contributed by atoms with Gasteiger partial charge in [0.2, 0.25) is 0 Å². The zero-order valence-corrected chi connectivity index (χ0v) is 9.77. The Hall–Kier alpha value is -0.0800. The van der Waals surface area contributed by atoms with Crippen LogP contribution < -0.4 is 10.6 Å². The van der Waals surface area contributed by atoms with E-state index in [1.54, 1.807) is 0 Å². The average Bonchev–Trinajstić information content (AvgIpc) is 2.53. The van der Waals surface area contributed by atoms with Gasteiger partial charge in [0, 0.05) is 6.04 Å². The number of nitrogens with one attached hydrogen (secondary N) is 2. The third-order valence-electron chi connectivity index (χ3n) is 4.20. The Bertz CT molecular complexity index is 200. The molecule has 82 valence electrons. The van der Waals surface area contributed by atoms with E-state index in [1.165, 1.54) is 32.5 Å². The highest BCUT2D eigenvalue weighted by Gasteiger charge is 2.44. The van der Waals surface area contributed by atoms with Gasteiger partial charge in [0.15, 0.2) is 0 Å². The van der Waals surface area contributed by atoms with Gasteiger partial charge in [-0.1, -0.05) is 13.8 Å². The fourth-order valence-corrected chi connectivity index (χ4v) is 2.56. The van der Waals surface area contributed by atoms with E-state index in [2.05, 4.69) is 31.4 Å². The summed E-state index contributed by atoms with van der Waals surface area (Å²) < 4.78 is 0. The molecule has 2 nitrogen and oxygen atoms in total.